The highest BCUT2D eigenvalue weighted by molar-refractivity contribution is 7.80. The molecule has 1 atom stereocenters. The lowest BCUT2D eigenvalue weighted by Crippen LogP contribution is -2.44. The molecule has 4 rings (SSSR count). The van der Waals surface area contributed by atoms with Crippen LogP contribution in [0.1, 0.15) is 17.2 Å². The number of anilines is 1. The molecule has 0 bridgehead atoms. The van der Waals surface area contributed by atoms with Crippen LogP contribution in [-0.2, 0) is 6.42 Å². The van der Waals surface area contributed by atoms with Crippen molar-refractivity contribution in [3.63, 3.8) is 0 Å². The number of halogens is 3. The lowest BCUT2D eigenvalue weighted by Gasteiger charge is -2.39. The van der Waals surface area contributed by atoms with Crippen LogP contribution in [0.5, 0.6) is 28.7 Å². The Morgan fingerprint density at radius 2 is 1.55 bits per heavy atom. The normalized spacial score (nSPS) is 14.8. The highest BCUT2D eigenvalue weighted by Crippen LogP contribution is 2.39. The molecule has 0 aliphatic carbocycles. The van der Waals surface area contributed by atoms with Crippen molar-refractivity contribution in [3.05, 3.63) is 71.8 Å². The molecule has 0 amide bonds. The second-order valence-electron chi connectivity index (χ2n) is 8.33. The Balaban J connectivity index is 1.60. The van der Waals surface area contributed by atoms with Crippen LogP contribution in [0.3, 0.4) is 0 Å². The minimum absolute atomic E-state index is 0.239. The summed E-state index contributed by atoms with van der Waals surface area (Å²) >= 11 is 5.74. The lowest BCUT2D eigenvalue weighted by atomic mass is 9.92. The van der Waals surface area contributed by atoms with Crippen LogP contribution in [0.25, 0.3) is 0 Å². The standard InChI is InChI=1S/C27H27F3N2O5S/c1-33-22-6-4-5-7-23(22)36-16-21-20-15-25(35-3)24(34-2)14-17(20)12-13-32(21)26(38)31-18-8-10-19(11-9-18)37-27(28,29)30/h4-11,14-15,21H,12-13,16H2,1-3H3,(H,31,38). The van der Waals surface area contributed by atoms with Gasteiger partial charge >= 0.3 is 6.36 Å². The van der Waals surface area contributed by atoms with Crippen molar-refractivity contribution in [2.75, 3.05) is 39.8 Å². The summed E-state index contributed by atoms with van der Waals surface area (Å²) in [6.07, 6.45) is -4.08. The van der Waals surface area contributed by atoms with Crippen LogP contribution < -0.4 is 29.0 Å². The van der Waals surface area contributed by atoms with Gasteiger partial charge in [-0.1, -0.05) is 12.1 Å². The third-order valence-electron chi connectivity index (χ3n) is 6.07. The highest BCUT2D eigenvalue weighted by Gasteiger charge is 2.32. The molecule has 3 aromatic rings. The van der Waals surface area contributed by atoms with E-state index in [1.54, 1.807) is 21.3 Å². The van der Waals surface area contributed by atoms with Crippen molar-refractivity contribution >= 4 is 23.0 Å². The van der Waals surface area contributed by atoms with Gasteiger partial charge in [-0.2, -0.15) is 0 Å². The molecule has 1 heterocycles. The number of methoxy groups -OCH3 is 3. The Morgan fingerprint density at radius 1 is 0.921 bits per heavy atom. The van der Waals surface area contributed by atoms with Gasteiger partial charge in [-0.15, -0.1) is 13.2 Å². The van der Waals surface area contributed by atoms with Crippen LogP contribution in [0.2, 0.25) is 0 Å². The number of hydrogen-bond donors (Lipinski definition) is 1. The van der Waals surface area contributed by atoms with Gasteiger partial charge in [0, 0.05) is 12.2 Å². The number of nitrogens with one attached hydrogen (secondary N) is 1. The van der Waals surface area contributed by atoms with E-state index in [9.17, 15) is 13.2 Å². The summed E-state index contributed by atoms with van der Waals surface area (Å²) in [5.41, 5.74) is 2.55. The second kappa shape index (κ2) is 11.7. The van der Waals surface area contributed by atoms with Crippen molar-refractivity contribution in [1.29, 1.82) is 0 Å². The van der Waals surface area contributed by atoms with Gasteiger partial charge in [0.05, 0.1) is 27.4 Å². The van der Waals surface area contributed by atoms with E-state index in [1.165, 1.54) is 24.3 Å². The molecule has 11 heteroatoms. The molecule has 0 aromatic heterocycles. The zero-order chi connectivity index (χ0) is 27.3. The minimum atomic E-state index is -4.76. The van der Waals surface area contributed by atoms with Gasteiger partial charge < -0.3 is 33.9 Å². The van der Waals surface area contributed by atoms with Crippen molar-refractivity contribution in [3.8, 4) is 28.7 Å². The van der Waals surface area contributed by atoms with Crippen LogP contribution in [0.4, 0.5) is 18.9 Å². The topological polar surface area (TPSA) is 61.4 Å². The molecular weight excluding hydrogens is 521 g/mol. The maximum Gasteiger partial charge on any atom is 0.573 e. The van der Waals surface area contributed by atoms with Crippen molar-refractivity contribution < 1.29 is 36.9 Å². The number of para-hydroxylation sites is 2. The van der Waals surface area contributed by atoms with Gasteiger partial charge in [0.2, 0.25) is 0 Å². The molecule has 1 aliphatic heterocycles. The summed E-state index contributed by atoms with van der Waals surface area (Å²) in [6, 6.07) is 16.3. The van der Waals surface area contributed by atoms with Crippen LogP contribution in [-0.4, -0.2) is 50.9 Å². The molecule has 0 fully saturated rings. The number of thiocarbonyl (C=S) groups is 1. The largest absolute Gasteiger partial charge is 0.573 e. The van der Waals surface area contributed by atoms with E-state index >= 15 is 0 Å². The second-order valence-corrected chi connectivity index (χ2v) is 8.72. The number of nitrogens with zero attached hydrogens (tertiary/aromatic N) is 1. The third-order valence-corrected chi connectivity index (χ3v) is 6.41. The molecule has 7 nitrogen and oxygen atoms in total. The average molecular weight is 549 g/mol. The highest BCUT2D eigenvalue weighted by atomic mass is 32.1. The number of benzene rings is 3. The lowest BCUT2D eigenvalue weighted by molar-refractivity contribution is -0.274. The number of hydrogen-bond acceptors (Lipinski definition) is 6. The molecule has 1 aliphatic rings. The summed E-state index contributed by atoms with van der Waals surface area (Å²) < 4.78 is 64.1. The fourth-order valence-corrected chi connectivity index (χ4v) is 4.63. The molecule has 202 valence electrons. The van der Waals surface area contributed by atoms with E-state index < -0.39 is 6.36 Å². The summed E-state index contributed by atoms with van der Waals surface area (Å²) in [4.78, 5) is 1.99. The first kappa shape index (κ1) is 27.2. The van der Waals surface area contributed by atoms with E-state index in [-0.39, 0.29) is 18.4 Å². The van der Waals surface area contributed by atoms with Gasteiger partial charge in [0.1, 0.15) is 12.4 Å². The summed E-state index contributed by atoms with van der Waals surface area (Å²) in [7, 11) is 4.74. The van der Waals surface area contributed by atoms with Crippen LogP contribution in [0.15, 0.2) is 60.7 Å². The van der Waals surface area contributed by atoms with Gasteiger partial charge in [-0.25, -0.2) is 0 Å². The predicted molar refractivity (Wildman–Crippen MR) is 141 cm³/mol. The monoisotopic (exact) mass is 548 g/mol. The number of alkyl halides is 3. The first-order valence-electron chi connectivity index (χ1n) is 11.7. The SMILES string of the molecule is COc1cc2c(cc1OC)C(COc1ccccc1OC)N(C(=S)Nc1ccc(OC(F)(F)F)cc1)CC2. The van der Waals surface area contributed by atoms with Crippen molar-refractivity contribution in [1.82, 2.24) is 4.90 Å². The molecular formula is C27H27F3N2O5S. The van der Waals surface area contributed by atoms with Gasteiger partial charge in [-0.05, 0) is 78.3 Å². The number of fused-ring (bicyclic) bond motifs is 1. The first-order chi connectivity index (χ1) is 18.2. The third kappa shape index (κ3) is 6.34. The predicted octanol–water partition coefficient (Wildman–Crippen LogP) is 5.99. The fraction of sp³-hybridized carbons (Fsp3) is 0.296. The molecule has 3 aromatic carbocycles. The molecule has 0 saturated heterocycles. The van der Waals surface area contributed by atoms with E-state index in [4.69, 9.17) is 31.2 Å². The number of rotatable bonds is 8. The van der Waals surface area contributed by atoms with E-state index in [1.807, 2.05) is 41.3 Å². The first-order valence-corrected chi connectivity index (χ1v) is 12.1. The Labute approximate surface area is 224 Å². The molecule has 38 heavy (non-hydrogen) atoms. The van der Waals surface area contributed by atoms with Crippen molar-refractivity contribution in [2.24, 2.45) is 0 Å². The smallest absolute Gasteiger partial charge is 0.493 e. The summed E-state index contributed by atoms with van der Waals surface area (Å²) in [5.74, 6) is 2.08. The maximum absolute atomic E-state index is 12.5. The van der Waals surface area contributed by atoms with E-state index in [0.29, 0.717) is 46.8 Å². The maximum atomic E-state index is 12.5. The molecule has 1 N–H and O–H groups in total. The van der Waals surface area contributed by atoms with E-state index in [0.717, 1.165) is 11.1 Å². The molecule has 0 saturated carbocycles. The fourth-order valence-electron chi connectivity index (χ4n) is 4.29. The zero-order valence-electron chi connectivity index (χ0n) is 21.0. The Hall–Kier alpha value is -3.86. The Kier molecular flexibility index (Phi) is 8.35. The summed E-state index contributed by atoms with van der Waals surface area (Å²) in [5, 5.41) is 3.51. The molecule has 0 spiro atoms. The number of ether oxygens (including phenoxy) is 5. The van der Waals surface area contributed by atoms with E-state index in [2.05, 4.69) is 10.1 Å². The minimum Gasteiger partial charge on any atom is -0.493 e. The Morgan fingerprint density at radius 3 is 2.18 bits per heavy atom. The Bertz CT molecular complexity index is 1270. The van der Waals surface area contributed by atoms with Crippen molar-refractivity contribution in [2.45, 2.75) is 18.8 Å². The quantitative estimate of drug-likeness (QED) is 0.345. The molecule has 1 unspecified atom stereocenters. The average Bonchev–Trinajstić information content (AvgIpc) is 2.91. The van der Waals surface area contributed by atoms with Crippen LogP contribution in [0, 0.1) is 0 Å². The van der Waals surface area contributed by atoms with Gasteiger partial charge in [-0.3, -0.25) is 0 Å². The zero-order valence-corrected chi connectivity index (χ0v) is 21.8. The van der Waals surface area contributed by atoms with Gasteiger partial charge in [0.25, 0.3) is 0 Å². The molecule has 0 radical (unpaired) electrons. The summed E-state index contributed by atoms with van der Waals surface area (Å²) in [6.45, 7) is 0.812. The van der Waals surface area contributed by atoms with Gasteiger partial charge in [0.15, 0.2) is 28.1 Å². The van der Waals surface area contributed by atoms with Crippen LogP contribution >= 0.6 is 12.2 Å².